The molecule has 2 aromatic carbocycles. The number of nitrogens with zero attached hydrogens (tertiary/aromatic N) is 2. The van der Waals surface area contributed by atoms with Gasteiger partial charge in [0.15, 0.2) is 0 Å². The van der Waals surface area contributed by atoms with Crippen LogP contribution in [-0.4, -0.2) is 31.0 Å². The summed E-state index contributed by atoms with van der Waals surface area (Å²) in [7, 11) is -3.62. The third-order valence-electron chi connectivity index (χ3n) is 6.00. The van der Waals surface area contributed by atoms with E-state index in [1.165, 1.54) is 5.56 Å². The van der Waals surface area contributed by atoms with Crippen LogP contribution < -0.4 is 10.0 Å². The molecule has 0 amide bonds. The van der Waals surface area contributed by atoms with Gasteiger partial charge in [-0.25, -0.2) is 13.1 Å². The van der Waals surface area contributed by atoms with Crippen LogP contribution in [0.25, 0.3) is 21.9 Å². The summed E-state index contributed by atoms with van der Waals surface area (Å²) in [5, 5.41) is 5.07. The SMILES string of the molecule is O=S(=O)(NCC1CCC(c2ccc(-c3cccnc3)cc2)N1)c1cccc2cnccc12. The van der Waals surface area contributed by atoms with Gasteiger partial charge in [-0.1, -0.05) is 42.5 Å². The fourth-order valence-corrected chi connectivity index (χ4v) is 5.61. The average molecular weight is 445 g/mol. The zero-order chi connectivity index (χ0) is 22.0. The Bertz CT molecular complexity index is 1320. The highest BCUT2D eigenvalue weighted by Crippen LogP contribution is 2.29. The van der Waals surface area contributed by atoms with Gasteiger partial charge in [0.05, 0.1) is 4.90 Å². The molecule has 3 heterocycles. The van der Waals surface area contributed by atoms with E-state index in [2.05, 4.69) is 44.3 Å². The Morgan fingerprint density at radius 1 is 0.875 bits per heavy atom. The summed E-state index contributed by atoms with van der Waals surface area (Å²) in [4.78, 5) is 8.54. The first-order valence-corrected chi connectivity index (χ1v) is 12.2. The molecule has 0 saturated carbocycles. The van der Waals surface area contributed by atoms with E-state index in [1.807, 2.05) is 24.4 Å². The lowest BCUT2D eigenvalue weighted by Gasteiger charge is -2.16. The molecule has 4 aromatic rings. The van der Waals surface area contributed by atoms with Crippen molar-refractivity contribution in [3.63, 3.8) is 0 Å². The molecule has 1 aliphatic heterocycles. The number of rotatable bonds is 6. The van der Waals surface area contributed by atoms with E-state index in [9.17, 15) is 8.42 Å². The van der Waals surface area contributed by atoms with Gasteiger partial charge in [-0.05, 0) is 47.7 Å². The van der Waals surface area contributed by atoms with Crippen molar-refractivity contribution >= 4 is 20.8 Å². The van der Waals surface area contributed by atoms with Crippen LogP contribution in [0, 0.1) is 0 Å². The Hall–Kier alpha value is -3.13. The highest BCUT2D eigenvalue weighted by atomic mass is 32.2. The lowest BCUT2D eigenvalue weighted by atomic mass is 10.0. The lowest BCUT2D eigenvalue weighted by Crippen LogP contribution is -2.37. The predicted octanol–water partition coefficient (Wildman–Crippen LogP) is 4.07. The quantitative estimate of drug-likeness (QED) is 0.468. The molecule has 1 aliphatic rings. The first-order chi connectivity index (χ1) is 15.6. The van der Waals surface area contributed by atoms with Crippen molar-refractivity contribution in [2.24, 2.45) is 0 Å². The summed E-state index contributed by atoms with van der Waals surface area (Å²) in [5.74, 6) is 0. The van der Waals surface area contributed by atoms with Crippen LogP contribution in [0.15, 0.2) is 90.3 Å². The standard InChI is InChI=1S/C25H24N4O2S/c30-32(31,25-5-1-3-21-16-27-14-12-23(21)25)28-17-22-10-11-24(29-22)19-8-6-18(7-9-19)20-4-2-13-26-15-20/h1-9,12-16,22,24,28-29H,10-11,17H2. The molecule has 7 heteroatoms. The van der Waals surface area contributed by atoms with Crippen molar-refractivity contribution in [3.8, 4) is 11.1 Å². The van der Waals surface area contributed by atoms with Gasteiger partial charge in [0.2, 0.25) is 10.0 Å². The normalized spacial score (nSPS) is 18.8. The second-order valence-electron chi connectivity index (χ2n) is 8.06. The fraction of sp³-hybridized carbons (Fsp3) is 0.200. The van der Waals surface area contributed by atoms with E-state index in [-0.39, 0.29) is 17.0 Å². The third kappa shape index (κ3) is 4.27. The van der Waals surface area contributed by atoms with Crippen LogP contribution in [0.5, 0.6) is 0 Å². The number of hydrogen-bond donors (Lipinski definition) is 2. The Balaban J connectivity index is 1.23. The molecular formula is C25H24N4O2S. The topological polar surface area (TPSA) is 84.0 Å². The molecule has 0 spiro atoms. The number of hydrogen-bond acceptors (Lipinski definition) is 5. The van der Waals surface area contributed by atoms with Crippen LogP contribution in [-0.2, 0) is 10.0 Å². The summed E-state index contributed by atoms with van der Waals surface area (Å²) >= 11 is 0. The number of sulfonamides is 1. The molecule has 0 aliphatic carbocycles. The van der Waals surface area contributed by atoms with Gasteiger partial charge in [-0.2, -0.15) is 0 Å². The van der Waals surface area contributed by atoms with E-state index >= 15 is 0 Å². The summed E-state index contributed by atoms with van der Waals surface area (Å²) in [6.07, 6.45) is 8.81. The van der Waals surface area contributed by atoms with Gasteiger partial charge in [-0.3, -0.25) is 9.97 Å². The van der Waals surface area contributed by atoms with Crippen LogP contribution in [0.1, 0.15) is 24.4 Å². The van der Waals surface area contributed by atoms with E-state index in [0.717, 1.165) is 29.4 Å². The number of benzene rings is 2. The molecule has 32 heavy (non-hydrogen) atoms. The Morgan fingerprint density at radius 3 is 2.53 bits per heavy atom. The maximum Gasteiger partial charge on any atom is 0.241 e. The summed E-state index contributed by atoms with van der Waals surface area (Å²) in [6, 6.07) is 19.8. The van der Waals surface area contributed by atoms with Crippen LogP contribution in [0.4, 0.5) is 0 Å². The van der Waals surface area contributed by atoms with Crippen LogP contribution >= 0.6 is 0 Å². The molecule has 0 radical (unpaired) electrons. The molecule has 2 unspecified atom stereocenters. The minimum Gasteiger partial charge on any atom is -0.306 e. The van der Waals surface area contributed by atoms with E-state index < -0.39 is 10.0 Å². The van der Waals surface area contributed by atoms with Crippen LogP contribution in [0.3, 0.4) is 0 Å². The molecule has 6 nitrogen and oxygen atoms in total. The van der Waals surface area contributed by atoms with Gasteiger partial charge in [0, 0.05) is 54.2 Å². The van der Waals surface area contributed by atoms with Gasteiger partial charge in [-0.15, -0.1) is 0 Å². The second-order valence-corrected chi connectivity index (χ2v) is 9.80. The smallest absolute Gasteiger partial charge is 0.241 e. The summed E-state index contributed by atoms with van der Waals surface area (Å²) < 4.78 is 28.7. The number of aromatic nitrogens is 2. The minimum atomic E-state index is -3.62. The Morgan fingerprint density at radius 2 is 1.72 bits per heavy atom. The summed E-state index contributed by atoms with van der Waals surface area (Å²) in [6.45, 7) is 0.355. The molecule has 1 fully saturated rings. The fourth-order valence-electron chi connectivity index (χ4n) is 4.30. The average Bonchev–Trinajstić information content (AvgIpc) is 3.32. The molecule has 2 N–H and O–H groups in total. The van der Waals surface area contributed by atoms with E-state index in [4.69, 9.17) is 0 Å². The Kier molecular flexibility index (Phi) is 5.70. The van der Waals surface area contributed by atoms with Gasteiger partial charge < -0.3 is 5.32 Å². The molecule has 5 rings (SSSR count). The molecule has 1 saturated heterocycles. The molecule has 162 valence electrons. The van der Waals surface area contributed by atoms with E-state index in [0.29, 0.717) is 11.9 Å². The van der Waals surface area contributed by atoms with Gasteiger partial charge >= 0.3 is 0 Å². The molecule has 0 bridgehead atoms. The van der Waals surface area contributed by atoms with Crippen LogP contribution in [0.2, 0.25) is 0 Å². The second kappa shape index (κ2) is 8.78. The van der Waals surface area contributed by atoms with Crippen molar-refractivity contribution < 1.29 is 8.42 Å². The minimum absolute atomic E-state index is 0.0874. The summed E-state index contributed by atoms with van der Waals surface area (Å²) in [5.41, 5.74) is 3.44. The van der Waals surface area contributed by atoms with E-state index in [1.54, 1.807) is 36.8 Å². The lowest BCUT2D eigenvalue weighted by molar-refractivity contribution is 0.529. The van der Waals surface area contributed by atoms with Crippen molar-refractivity contribution in [1.29, 1.82) is 0 Å². The van der Waals surface area contributed by atoms with Gasteiger partial charge in [0.1, 0.15) is 0 Å². The number of fused-ring (bicyclic) bond motifs is 1. The van der Waals surface area contributed by atoms with Gasteiger partial charge in [0.25, 0.3) is 0 Å². The first kappa shape index (κ1) is 20.8. The maximum atomic E-state index is 13.0. The van der Waals surface area contributed by atoms with Crippen molar-refractivity contribution in [3.05, 3.63) is 91.0 Å². The predicted molar refractivity (Wildman–Crippen MR) is 126 cm³/mol. The largest absolute Gasteiger partial charge is 0.306 e. The monoisotopic (exact) mass is 444 g/mol. The van der Waals surface area contributed by atoms with Crippen molar-refractivity contribution in [1.82, 2.24) is 20.0 Å². The van der Waals surface area contributed by atoms with Crippen molar-refractivity contribution in [2.45, 2.75) is 29.8 Å². The van der Waals surface area contributed by atoms with Crippen molar-refractivity contribution in [2.75, 3.05) is 6.54 Å². The first-order valence-electron chi connectivity index (χ1n) is 10.7. The highest BCUT2D eigenvalue weighted by molar-refractivity contribution is 7.89. The Labute approximate surface area is 187 Å². The highest BCUT2D eigenvalue weighted by Gasteiger charge is 2.27. The maximum absolute atomic E-state index is 13.0. The number of nitrogens with one attached hydrogen (secondary N) is 2. The zero-order valence-corrected chi connectivity index (χ0v) is 18.3. The molecule has 2 aromatic heterocycles. The molecular weight excluding hydrogens is 420 g/mol. The molecule has 2 atom stereocenters. The number of pyridine rings is 2. The zero-order valence-electron chi connectivity index (χ0n) is 17.5. The third-order valence-corrected chi connectivity index (χ3v) is 7.48.